The van der Waals surface area contributed by atoms with Gasteiger partial charge in [0.1, 0.15) is 6.33 Å². The zero-order valence-electron chi connectivity index (χ0n) is 9.16. The topological polar surface area (TPSA) is 50.3 Å². The summed E-state index contributed by atoms with van der Waals surface area (Å²) in [5.74, 6) is 2.38. The van der Waals surface area contributed by atoms with Gasteiger partial charge in [0.05, 0.1) is 7.11 Å². The fraction of sp³-hybridized carbons (Fsp3) is 0.600. The van der Waals surface area contributed by atoms with Gasteiger partial charge in [-0.15, -0.1) is 0 Å². The van der Waals surface area contributed by atoms with Crippen molar-refractivity contribution in [2.45, 2.75) is 12.8 Å². The first-order valence-electron chi connectivity index (χ1n) is 5.18. The second kappa shape index (κ2) is 4.33. The van der Waals surface area contributed by atoms with Crippen LogP contribution in [0.4, 0.5) is 11.6 Å². The van der Waals surface area contributed by atoms with Crippen LogP contribution in [0, 0.1) is 0 Å². The lowest BCUT2D eigenvalue weighted by Gasteiger charge is -2.19. The molecular formula is C10H16N4O. The van der Waals surface area contributed by atoms with Crippen molar-refractivity contribution in [3.05, 3.63) is 6.33 Å². The lowest BCUT2D eigenvalue weighted by molar-refractivity contribution is 0.413. The molecule has 1 aromatic rings. The molecule has 1 fully saturated rings. The van der Waals surface area contributed by atoms with E-state index in [1.807, 2.05) is 7.05 Å². The summed E-state index contributed by atoms with van der Waals surface area (Å²) in [7, 11) is 3.48. The third-order valence-electron chi connectivity index (χ3n) is 2.63. The Morgan fingerprint density at radius 3 is 2.67 bits per heavy atom. The molecule has 0 aliphatic carbocycles. The molecule has 0 atom stereocenters. The van der Waals surface area contributed by atoms with Crippen LogP contribution in [0.2, 0.25) is 0 Å². The van der Waals surface area contributed by atoms with Gasteiger partial charge in [-0.3, -0.25) is 0 Å². The highest BCUT2D eigenvalue weighted by Gasteiger charge is 2.20. The Morgan fingerprint density at radius 1 is 1.33 bits per heavy atom. The molecule has 1 aliphatic rings. The van der Waals surface area contributed by atoms with E-state index >= 15 is 0 Å². The largest absolute Gasteiger partial charge is 0.490 e. The van der Waals surface area contributed by atoms with E-state index in [1.54, 1.807) is 13.4 Å². The zero-order valence-corrected chi connectivity index (χ0v) is 9.16. The van der Waals surface area contributed by atoms with E-state index in [2.05, 4.69) is 20.2 Å². The van der Waals surface area contributed by atoms with Gasteiger partial charge in [0.2, 0.25) is 5.75 Å². The van der Waals surface area contributed by atoms with E-state index in [4.69, 9.17) is 4.74 Å². The van der Waals surface area contributed by atoms with E-state index in [9.17, 15) is 0 Å². The number of aromatic nitrogens is 2. The summed E-state index contributed by atoms with van der Waals surface area (Å²) in [6.07, 6.45) is 4.02. The van der Waals surface area contributed by atoms with Crippen LogP contribution >= 0.6 is 0 Å². The number of nitrogens with one attached hydrogen (secondary N) is 1. The number of anilines is 2. The maximum Gasteiger partial charge on any atom is 0.204 e. The minimum atomic E-state index is 0.738. The van der Waals surface area contributed by atoms with Crippen molar-refractivity contribution < 1.29 is 4.74 Å². The second-order valence-electron chi connectivity index (χ2n) is 3.52. The molecule has 82 valence electrons. The van der Waals surface area contributed by atoms with Crippen LogP contribution in [0.5, 0.6) is 5.75 Å². The van der Waals surface area contributed by atoms with Gasteiger partial charge in [0, 0.05) is 20.1 Å². The maximum absolute atomic E-state index is 5.35. The summed E-state index contributed by atoms with van der Waals surface area (Å²) in [4.78, 5) is 10.7. The molecule has 0 unspecified atom stereocenters. The van der Waals surface area contributed by atoms with Gasteiger partial charge in [-0.2, -0.15) is 0 Å². The number of ether oxygens (including phenoxy) is 1. The summed E-state index contributed by atoms with van der Waals surface area (Å²) >= 11 is 0. The van der Waals surface area contributed by atoms with Crippen LogP contribution in [0.25, 0.3) is 0 Å². The van der Waals surface area contributed by atoms with Crippen LogP contribution in [-0.2, 0) is 0 Å². The molecule has 5 nitrogen and oxygen atoms in total. The average Bonchev–Trinajstić information content (AvgIpc) is 2.81. The molecule has 0 spiro atoms. The third-order valence-corrected chi connectivity index (χ3v) is 2.63. The van der Waals surface area contributed by atoms with Gasteiger partial charge in [0.25, 0.3) is 0 Å². The predicted molar refractivity (Wildman–Crippen MR) is 59.6 cm³/mol. The standard InChI is InChI=1S/C10H16N4O/c1-11-9-8(15-2)10(13-7-12-9)14-5-3-4-6-14/h7H,3-6H2,1-2H3,(H,11,12,13). The van der Waals surface area contributed by atoms with Crippen LogP contribution in [0.3, 0.4) is 0 Å². The van der Waals surface area contributed by atoms with Crippen LogP contribution in [0.15, 0.2) is 6.33 Å². The van der Waals surface area contributed by atoms with Crippen LogP contribution in [0.1, 0.15) is 12.8 Å². The van der Waals surface area contributed by atoms with E-state index in [1.165, 1.54) is 12.8 Å². The highest BCUT2D eigenvalue weighted by atomic mass is 16.5. The normalized spacial score (nSPS) is 15.5. The lowest BCUT2D eigenvalue weighted by Crippen LogP contribution is -2.20. The Morgan fingerprint density at radius 2 is 2.07 bits per heavy atom. The van der Waals surface area contributed by atoms with Gasteiger partial charge in [-0.05, 0) is 12.8 Å². The van der Waals surface area contributed by atoms with E-state index in [-0.39, 0.29) is 0 Å². The summed E-state index contributed by atoms with van der Waals surface area (Å²) in [6.45, 7) is 2.10. The lowest BCUT2D eigenvalue weighted by atomic mass is 10.4. The number of rotatable bonds is 3. The van der Waals surface area contributed by atoms with E-state index in [0.717, 1.165) is 30.5 Å². The molecule has 0 amide bonds. The molecule has 0 saturated carbocycles. The first-order chi connectivity index (χ1) is 7.36. The Labute approximate surface area is 89.5 Å². The fourth-order valence-electron chi connectivity index (χ4n) is 1.88. The smallest absolute Gasteiger partial charge is 0.204 e. The second-order valence-corrected chi connectivity index (χ2v) is 3.52. The number of nitrogens with zero attached hydrogens (tertiary/aromatic N) is 3. The first kappa shape index (κ1) is 10.0. The minimum Gasteiger partial charge on any atom is -0.490 e. The van der Waals surface area contributed by atoms with Crippen LogP contribution in [-0.4, -0.2) is 37.2 Å². The summed E-state index contributed by atoms with van der Waals surface area (Å²) in [5.41, 5.74) is 0. The monoisotopic (exact) mass is 208 g/mol. The molecule has 0 radical (unpaired) electrons. The van der Waals surface area contributed by atoms with E-state index in [0.29, 0.717) is 0 Å². The zero-order chi connectivity index (χ0) is 10.7. The van der Waals surface area contributed by atoms with E-state index < -0.39 is 0 Å². The highest BCUT2D eigenvalue weighted by Crippen LogP contribution is 2.33. The summed E-state index contributed by atoms with van der Waals surface area (Å²) < 4.78 is 5.35. The van der Waals surface area contributed by atoms with Crippen molar-refractivity contribution in [1.29, 1.82) is 0 Å². The van der Waals surface area contributed by atoms with Crippen molar-refractivity contribution in [1.82, 2.24) is 9.97 Å². The molecule has 1 N–H and O–H groups in total. The molecule has 15 heavy (non-hydrogen) atoms. The van der Waals surface area contributed by atoms with Gasteiger partial charge >= 0.3 is 0 Å². The van der Waals surface area contributed by atoms with Crippen molar-refractivity contribution in [2.24, 2.45) is 0 Å². The van der Waals surface area contributed by atoms with Gasteiger partial charge in [-0.1, -0.05) is 0 Å². The Hall–Kier alpha value is -1.52. The molecule has 0 bridgehead atoms. The number of methoxy groups -OCH3 is 1. The number of hydrogen-bond acceptors (Lipinski definition) is 5. The van der Waals surface area contributed by atoms with Gasteiger partial charge in [0.15, 0.2) is 11.6 Å². The SMILES string of the molecule is CNc1ncnc(N2CCCC2)c1OC. The summed E-state index contributed by atoms with van der Waals surface area (Å²) in [5, 5.41) is 3.01. The average molecular weight is 208 g/mol. The molecular weight excluding hydrogens is 192 g/mol. The molecule has 1 saturated heterocycles. The van der Waals surface area contributed by atoms with Crippen molar-refractivity contribution in [2.75, 3.05) is 37.5 Å². The molecule has 0 aromatic carbocycles. The van der Waals surface area contributed by atoms with Crippen LogP contribution < -0.4 is 15.0 Å². The first-order valence-corrected chi connectivity index (χ1v) is 5.18. The van der Waals surface area contributed by atoms with Gasteiger partial charge in [-0.25, -0.2) is 9.97 Å². The minimum absolute atomic E-state index is 0.738. The van der Waals surface area contributed by atoms with Gasteiger partial charge < -0.3 is 15.0 Å². The highest BCUT2D eigenvalue weighted by molar-refractivity contribution is 5.64. The fourth-order valence-corrected chi connectivity index (χ4v) is 1.88. The predicted octanol–water partition coefficient (Wildman–Crippen LogP) is 1.13. The Bertz CT molecular complexity index is 336. The third kappa shape index (κ3) is 1.82. The van der Waals surface area contributed by atoms with Crippen molar-refractivity contribution in [3.63, 3.8) is 0 Å². The molecule has 2 rings (SSSR count). The van der Waals surface area contributed by atoms with Crippen molar-refractivity contribution >= 4 is 11.6 Å². The quantitative estimate of drug-likeness (QED) is 0.807. The molecule has 5 heteroatoms. The molecule has 2 heterocycles. The molecule has 1 aliphatic heterocycles. The number of hydrogen-bond donors (Lipinski definition) is 1. The summed E-state index contributed by atoms with van der Waals surface area (Å²) in [6, 6.07) is 0. The molecule has 1 aromatic heterocycles. The maximum atomic E-state index is 5.35. The Kier molecular flexibility index (Phi) is 2.89. The Balaban J connectivity index is 2.36. The van der Waals surface area contributed by atoms with Crippen molar-refractivity contribution in [3.8, 4) is 5.75 Å².